The van der Waals surface area contributed by atoms with Gasteiger partial charge in [0.25, 0.3) is 0 Å². The summed E-state index contributed by atoms with van der Waals surface area (Å²) >= 11 is 0. The van der Waals surface area contributed by atoms with Crippen molar-refractivity contribution in [1.82, 2.24) is 0 Å². The van der Waals surface area contributed by atoms with E-state index in [0.29, 0.717) is 0 Å². The van der Waals surface area contributed by atoms with Crippen LogP contribution >= 0.6 is 0 Å². The first-order valence-electron chi connectivity index (χ1n) is 8.49. The fraction of sp³-hybridized carbons (Fsp3) is 0.450. The first kappa shape index (κ1) is 15.5. The van der Waals surface area contributed by atoms with Crippen molar-refractivity contribution < 1.29 is 4.57 Å². The fourth-order valence-electron chi connectivity index (χ4n) is 3.49. The zero-order valence-corrected chi connectivity index (χ0v) is 15.7. The number of pyridine rings is 1. The summed E-state index contributed by atoms with van der Waals surface area (Å²) in [4.78, 5) is 0. The molecule has 0 fully saturated rings. The zero-order valence-electron chi connectivity index (χ0n) is 14.7. The maximum atomic E-state index is 2.47. The Hall–Kier alpha value is -1.41. The van der Waals surface area contributed by atoms with Crippen molar-refractivity contribution in [3.05, 3.63) is 47.2 Å². The first-order valence-corrected chi connectivity index (χ1v) is 12.0. The molecule has 0 saturated carbocycles. The molecule has 1 nitrogen and oxygen atoms in total. The van der Waals surface area contributed by atoms with Crippen LogP contribution in [0.25, 0.3) is 11.3 Å². The molecule has 22 heavy (non-hydrogen) atoms. The van der Waals surface area contributed by atoms with Crippen molar-refractivity contribution >= 4 is 13.3 Å². The van der Waals surface area contributed by atoms with Gasteiger partial charge in [-0.1, -0.05) is 25.7 Å². The lowest BCUT2D eigenvalue weighted by Gasteiger charge is -2.19. The third kappa shape index (κ3) is 2.89. The topological polar surface area (TPSA) is 3.88 Å². The predicted molar refractivity (Wildman–Crippen MR) is 97.4 cm³/mol. The average molecular weight is 311 g/mol. The molecular formula is C20H28NSi+. The minimum Gasteiger partial charge on any atom is -0.201 e. The maximum Gasteiger partial charge on any atom is 0.212 e. The molecular weight excluding hydrogens is 282 g/mol. The zero-order chi connectivity index (χ0) is 15.9. The summed E-state index contributed by atoms with van der Waals surface area (Å²) in [6, 6.07) is 9.64. The highest BCUT2D eigenvalue weighted by Crippen LogP contribution is 2.29. The Morgan fingerprint density at radius 3 is 2.23 bits per heavy atom. The van der Waals surface area contributed by atoms with E-state index in [1.165, 1.54) is 47.7 Å². The Bertz CT molecular complexity index is 710. The van der Waals surface area contributed by atoms with Gasteiger partial charge in [0.15, 0.2) is 6.20 Å². The number of aromatic nitrogens is 1. The second-order valence-corrected chi connectivity index (χ2v) is 12.9. The second-order valence-electron chi connectivity index (χ2n) is 7.80. The van der Waals surface area contributed by atoms with Crippen molar-refractivity contribution in [2.24, 2.45) is 7.05 Å². The molecule has 1 aliphatic carbocycles. The van der Waals surface area contributed by atoms with Gasteiger partial charge < -0.3 is 0 Å². The van der Waals surface area contributed by atoms with Crippen LogP contribution in [0.4, 0.5) is 0 Å². The molecule has 116 valence electrons. The highest BCUT2D eigenvalue weighted by atomic mass is 28.3. The van der Waals surface area contributed by atoms with Gasteiger partial charge >= 0.3 is 0 Å². The Balaban J connectivity index is 2.15. The quantitative estimate of drug-likeness (QED) is 0.585. The minimum absolute atomic E-state index is 1.25. The van der Waals surface area contributed by atoms with Crippen LogP contribution in [0, 0.1) is 6.92 Å². The van der Waals surface area contributed by atoms with Gasteiger partial charge in [-0.05, 0) is 60.6 Å². The van der Waals surface area contributed by atoms with E-state index in [-0.39, 0.29) is 0 Å². The monoisotopic (exact) mass is 310 g/mol. The van der Waals surface area contributed by atoms with Crippen molar-refractivity contribution in [3.8, 4) is 11.3 Å². The summed E-state index contributed by atoms with van der Waals surface area (Å²) in [6.45, 7) is 9.54. The summed E-state index contributed by atoms with van der Waals surface area (Å²) < 4.78 is 2.28. The summed E-state index contributed by atoms with van der Waals surface area (Å²) in [5, 5.41) is 1.54. The van der Waals surface area contributed by atoms with Gasteiger partial charge in [-0.2, -0.15) is 0 Å². The van der Waals surface area contributed by atoms with Crippen LogP contribution in [0.15, 0.2) is 30.5 Å². The van der Waals surface area contributed by atoms with Gasteiger partial charge in [0.1, 0.15) is 7.05 Å². The molecule has 3 rings (SSSR count). The molecule has 2 heteroatoms. The van der Waals surface area contributed by atoms with Crippen LogP contribution in [-0.2, 0) is 19.9 Å². The third-order valence-electron chi connectivity index (χ3n) is 4.98. The van der Waals surface area contributed by atoms with Gasteiger partial charge in [0.05, 0.1) is 8.07 Å². The normalized spacial score (nSPS) is 14.8. The lowest BCUT2D eigenvalue weighted by atomic mass is 9.87. The molecule has 1 aromatic heterocycles. The summed E-state index contributed by atoms with van der Waals surface area (Å²) in [6.07, 6.45) is 7.45. The molecule has 0 N–H and O–H groups in total. The molecule has 0 aliphatic heterocycles. The van der Waals surface area contributed by atoms with Crippen LogP contribution in [0.5, 0.6) is 0 Å². The number of fused-ring (bicyclic) bond motifs is 1. The van der Waals surface area contributed by atoms with E-state index in [4.69, 9.17) is 0 Å². The van der Waals surface area contributed by atoms with Gasteiger partial charge in [0, 0.05) is 17.7 Å². The standard InChI is InChI=1S/C20H28NSi/c1-15-12-16-8-6-7-9-17(16)13-19(15)20-14-18(22(3,4)5)10-11-21(20)2/h10-14H,6-9H2,1-5H3/q+1. The molecule has 1 heterocycles. The Morgan fingerprint density at radius 1 is 0.955 bits per heavy atom. The fourth-order valence-corrected chi connectivity index (χ4v) is 4.63. The highest BCUT2D eigenvalue weighted by molar-refractivity contribution is 6.88. The number of hydrogen-bond acceptors (Lipinski definition) is 0. The van der Waals surface area contributed by atoms with Gasteiger partial charge in [-0.15, -0.1) is 0 Å². The van der Waals surface area contributed by atoms with E-state index < -0.39 is 8.07 Å². The summed E-state index contributed by atoms with van der Waals surface area (Å²) in [5.41, 5.74) is 7.36. The van der Waals surface area contributed by atoms with Gasteiger partial charge in [-0.3, -0.25) is 0 Å². The van der Waals surface area contributed by atoms with E-state index >= 15 is 0 Å². The third-order valence-corrected chi connectivity index (χ3v) is 7.02. The Morgan fingerprint density at radius 2 is 1.59 bits per heavy atom. The minimum atomic E-state index is -1.28. The maximum absolute atomic E-state index is 2.47. The molecule has 0 amide bonds. The van der Waals surface area contributed by atoms with Crippen LogP contribution in [0.3, 0.4) is 0 Å². The summed E-state index contributed by atoms with van der Waals surface area (Å²) in [5.74, 6) is 0. The van der Waals surface area contributed by atoms with Crippen LogP contribution in [0.2, 0.25) is 19.6 Å². The number of aryl methyl sites for hydroxylation is 4. The smallest absolute Gasteiger partial charge is 0.201 e. The second kappa shape index (κ2) is 5.66. The van der Waals surface area contributed by atoms with Gasteiger partial charge in [0.2, 0.25) is 5.69 Å². The van der Waals surface area contributed by atoms with Crippen LogP contribution < -0.4 is 9.75 Å². The van der Waals surface area contributed by atoms with E-state index in [0.717, 1.165) is 0 Å². The summed E-state index contributed by atoms with van der Waals surface area (Å²) in [7, 11) is 0.889. The molecule has 0 radical (unpaired) electrons. The predicted octanol–water partition coefficient (Wildman–Crippen LogP) is 3.91. The number of nitrogens with zero attached hydrogens (tertiary/aromatic N) is 1. The first-order chi connectivity index (χ1) is 10.4. The Labute approximate surface area is 136 Å². The molecule has 0 saturated heterocycles. The molecule has 0 spiro atoms. The van der Waals surface area contributed by atoms with Crippen LogP contribution in [0.1, 0.15) is 29.5 Å². The lowest BCUT2D eigenvalue weighted by Crippen LogP contribution is -2.42. The van der Waals surface area contributed by atoms with Crippen molar-refractivity contribution in [2.45, 2.75) is 52.2 Å². The number of hydrogen-bond donors (Lipinski definition) is 0. The van der Waals surface area contributed by atoms with E-state index in [9.17, 15) is 0 Å². The lowest BCUT2D eigenvalue weighted by molar-refractivity contribution is -0.660. The molecule has 1 aliphatic rings. The number of benzene rings is 1. The molecule has 0 unspecified atom stereocenters. The van der Waals surface area contributed by atoms with Crippen molar-refractivity contribution in [3.63, 3.8) is 0 Å². The Kier molecular flexibility index (Phi) is 3.98. The average Bonchev–Trinajstić information content (AvgIpc) is 2.46. The largest absolute Gasteiger partial charge is 0.212 e. The SMILES string of the molecule is Cc1cc2c(cc1-c1cc([Si](C)(C)C)cc[n+]1C)CCCC2. The van der Waals surface area contributed by atoms with E-state index in [2.05, 4.69) is 68.6 Å². The highest BCUT2D eigenvalue weighted by Gasteiger charge is 2.22. The van der Waals surface area contributed by atoms with E-state index in [1.54, 1.807) is 11.1 Å². The molecule has 1 aromatic carbocycles. The van der Waals surface area contributed by atoms with Gasteiger partial charge in [-0.25, -0.2) is 4.57 Å². The van der Waals surface area contributed by atoms with E-state index in [1.807, 2.05) is 0 Å². The van der Waals surface area contributed by atoms with Crippen molar-refractivity contribution in [2.75, 3.05) is 0 Å². The molecule has 0 bridgehead atoms. The van der Waals surface area contributed by atoms with Crippen molar-refractivity contribution in [1.29, 1.82) is 0 Å². The number of rotatable bonds is 2. The molecule has 2 aromatic rings. The molecule has 0 atom stereocenters. The van der Waals surface area contributed by atoms with Crippen LogP contribution in [-0.4, -0.2) is 8.07 Å².